The van der Waals surface area contributed by atoms with E-state index in [2.05, 4.69) is 45.6 Å². The minimum absolute atomic E-state index is 0.0912. The molecule has 3 aromatic rings. The third-order valence-electron chi connectivity index (χ3n) is 8.01. The minimum atomic E-state index is -0.289. The molecule has 1 fully saturated rings. The summed E-state index contributed by atoms with van der Waals surface area (Å²) in [5, 5.41) is 13.5. The molecule has 8 nitrogen and oxygen atoms in total. The molecule has 5 rings (SSSR count). The number of amides is 1. The summed E-state index contributed by atoms with van der Waals surface area (Å²) >= 11 is 1.50. The Hall–Kier alpha value is -2.75. The molecular weight excluding hydrogens is 508 g/mol. The molecule has 39 heavy (non-hydrogen) atoms. The van der Waals surface area contributed by atoms with Crippen LogP contribution in [-0.4, -0.2) is 55.4 Å². The average molecular weight is 551 g/mol. The number of anilines is 1. The summed E-state index contributed by atoms with van der Waals surface area (Å²) in [6.45, 7) is 9.20. The zero-order valence-corrected chi connectivity index (χ0v) is 24.0. The molecule has 9 heteroatoms. The van der Waals surface area contributed by atoms with Crippen molar-refractivity contribution >= 4 is 44.3 Å². The first-order valence-electron chi connectivity index (χ1n) is 14.7. The molecule has 0 aliphatic carbocycles. The van der Waals surface area contributed by atoms with Gasteiger partial charge in [0.1, 0.15) is 22.4 Å². The van der Waals surface area contributed by atoms with E-state index in [0.29, 0.717) is 28.8 Å². The van der Waals surface area contributed by atoms with Gasteiger partial charge in [-0.2, -0.15) is 0 Å². The Morgan fingerprint density at radius 3 is 2.85 bits per heavy atom. The predicted octanol–water partition coefficient (Wildman–Crippen LogP) is 4.61. The Labute approximate surface area is 234 Å². The lowest BCUT2D eigenvalue weighted by atomic mass is 9.98. The Bertz CT molecular complexity index is 1370. The molecule has 1 unspecified atom stereocenters. The summed E-state index contributed by atoms with van der Waals surface area (Å²) in [5.74, 6) is 1.51. The molecule has 0 spiro atoms. The number of rotatable bonds is 12. The summed E-state index contributed by atoms with van der Waals surface area (Å²) in [4.78, 5) is 32.6. The number of aliphatic imine (C=N–C) groups is 1. The molecule has 1 saturated heterocycles. The second kappa shape index (κ2) is 13.1. The number of para-hydroxylation sites is 1. The number of carbonyl (C=O) groups excluding carboxylic acids is 1. The largest absolute Gasteiger partial charge is 0.352 e. The van der Waals surface area contributed by atoms with Gasteiger partial charge >= 0.3 is 0 Å². The van der Waals surface area contributed by atoms with Crippen molar-refractivity contribution in [3.63, 3.8) is 0 Å². The highest BCUT2D eigenvalue weighted by Gasteiger charge is 2.28. The Balaban J connectivity index is 1.37. The first kappa shape index (κ1) is 27.8. The number of carbonyl (C=O) groups is 1. The first-order chi connectivity index (χ1) is 19.1. The number of piperidine rings is 1. The van der Waals surface area contributed by atoms with E-state index in [9.17, 15) is 9.59 Å². The van der Waals surface area contributed by atoms with Gasteiger partial charge in [0.05, 0.1) is 15.8 Å². The fraction of sp³-hybridized carbons (Fsp3) is 0.567. The molecule has 210 valence electrons. The van der Waals surface area contributed by atoms with Crippen molar-refractivity contribution < 1.29 is 4.79 Å². The first-order valence-corrected chi connectivity index (χ1v) is 15.5. The maximum Gasteiger partial charge on any atom is 0.258 e. The molecule has 2 aliphatic heterocycles. The van der Waals surface area contributed by atoms with Crippen molar-refractivity contribution in [2.24, 2.45) is 16.8 Å². The smallest absolute Gasteiger partial charge is 0.258 e. The number of nitrogens with one attached hydrogen (secondary N) is 4. The lowest BCUT2D eigenvalue weighted by Crippen LogP contribution is -2.38. The van der Waals surface area contributed by atoms with Crippen molar-refractivity contribution in [2.75, 3.05) is 38.0 Å². The van der Waals surface area contributed by atoms with Crippen LogP contribution in [0.15, 0.2) is 34.1 Å². The quantitative estimate of drug-likeness (QED) is 0.247. The number of pyridine rings is 1. The van der Waals surface area contributed by atoms with Crippen molar-refractivity contribution in [2.45, 2.75) is 65.0 Å². The SMILES string of the molecule is CCCNCCC[C@H](C)CCC1N=Cc2c(n3c(sc4ccccc43)c(C(=O)NCC3CCNCC3)c2=O)N1. The lowest BCUT2D eigenvalue weighted by Gasteiger charge is -2.25. The van der Waals surface area contributed by atoms with Crippen LogP contribution in [0.2, 0.25) is 0 Å². The fourth-order valence-electron chi connectivity index (χ4n) is 5.68. The number of thiazole rings is 1. The van der Waals surface area contributed by atoms with E-state index >= 15 is 0 Å². The molecule has 2 aromatic heterocycles. The average Bonchev–Trinajstić information content (AvgIpc) is 3.34. The highest BCUT2D eigenvalue weighted by Crippen LogP contribution is 2.33. The number of aromatic nitrogens is 1. The summed E-state index contributed by atoms with van der Waals surface area (Å²) in [6, 6.07) is 8.10. The molecule has 1 amide bonds. The Morgan fingerprint density at radius 2 is 2.03 bits per heavy atom. The highest BCUT2D eigenvalue weighted by molar-refractivity contribution is 7.24. The van der Waals surface area contributed by atoms with Crippen LogP contribution in [-0.2, 0) is 0 Å². The summed E-state index contributed by atoms with van der Waals surface area (Å²) < 4.78 is 3.11. The van der Waals surface area contributed by atoms with Crippen LogP contribution in [0.5, 0.6) is 0 Å². The van der Waals surface area contributed by atoms with E-state index in [4.69, 9.17) is 4.99 Å². The van der Waals surface area contributed by atoms with Crippen molar-refractivity contribution in [3.8, 4) is 0 Å². The summed E-state index contributed by atoms with van der Waals surface area (Å²) in [6.07, 6.45) is 9.19. The van der Waals surface area contributed by atoms with E-state index in [0.717, 1.165) is 67.9 Å². The second-order valence-electron chi connectivity index (χ2n) is 11.1. The van der Waals surface area contributed by atoms with Crippen LogP contribution in [0, 0.1) is 11.8 Å². The Morgan fingerprint density at radius 1 is 1.21 bits per heavy atom. The third kappa shape index (κ3) is 6.36. The van der Waals surface area contributed by atoms with E-state index in [-0.39, 0.29) is 23.1 Å². The minimum Gasteiger partial charge on any atom is -0.352 e. The zero-order valence-electron chi connectivity index (χ0n) is 23.2. The molecule has 0 saturated carbocycles. The van der Waals surface area contributed by atoms with E-state index in [1.165, 1.54) is 30.6 Å². The maximum absolute atomic E-state index is 13.7. The van der Waals surface area contributed by atoms with Crippen LogP contribution in [0.3, 0.4) is 0 Å². The van der Waals surface area contributed by atoms with Crippen LogP contribution in [0.25, 0.3) is 15.0 Å². The monoisotopic (exact) mass is 550 g/mol. The van der Waals surface area contributed by atoms with Gasteiger partial charge in [-0.3, -0.25) is 19.0 Å². The van der Waals surface area contributed by atoms with Crippen molar-refractivity contribution in [1.29, 1.82) is 0 Å². The molecule has 2 aliphatic rings. The number of hydrogen-bond acceptors (Lipinski definition) is 7. The van der Waals surface area contributed by atoms with E-state index < -0.39 is 0 Å². The molecule has 1 aromatic carbocycles. The number of benzene rings is 1. The zero-order chi connectivity index (χ0) is 27.2. The van der Waals surface area contributed by atoms with Crippen LogP contribution in [0.1, 0.15) is 74.7 Å². The van der Waals surface area contributed by atoms with Gasteiger partial charge in [-0.25, -0.2) is 0 Å². The molecule has 4 heterocycles. The van der Waals surface area contributed by atoms with Gasteiger partial charge in [0.2, 0.25) is 5.43 Å². The van der Waals surface area contributed by atoms with Gasteiger partial charge < -0.3 is 21.3 Å². The molecule has 0 radical (unpaired) electrons. The normalized spacial score (nSPS) is 18.3. The maximum atomic E-state index is 13.7. The topological polar surface area (TPSA) is 99.0 Å². The standard InChI is InChI=1S/C30H42N6O2S/c1-3-14-31-15-6-7-20(2)10-11-25-33-19-22-27(37)26(29(38)34-18-21-12-16-32-17-13-21)30-36(28(22)35-25)23-8-4-5-9-24(23)39-30/h4-5,8-9,19-21,25,31-32,35H,3,6-7,10-18H2,1-2H3,(H,34,38)/t20-,25?/m0/s1. The van der Waals surface area contributed by atoms with E-state index in [1.54, 1.807) is 6.21 Å². The van der Waals surface area contributed by atoms with Gasteiger partial charge in [0.15, 0.2) is 0 Å². The summed E-state index contributed by atoms with van der Waals surface area (Å²) in [5.41, 5.74) is 1.44. The number of nitrogens with zero attached hydrogens (tertiary/aromatic N) is 2. The highest BCUT2D eigenvalue weighted by atomic mass is 32.1. The lowest BCUT2D eigenvalue weighted by molar-refractivity contribution is 0.0944. The van der Waals surface area contributed by atoms with Crippen molar-refractivity contribution in [1.82, 2.24) is 20.4 Å². The molecule has 0 bridgehead atoms. The van der Waals surface area contributed by atoms with E-state index in [1.807, 2.05) is 18.2 Å². The van der Waals surface area contributed by atoms with Crippen molar-refractivity contribution in [3.05, 3.63) is 45.6 Å². The van der Waals surface area contributed by atoms with Gasteiger partial charge in [0, 0.05) is 12.8 Å². The molecule has 4 N–H and O–H groups in total. The second-order valence-corrected chi connectivity index (χ2v) is 12.1. The molecular formula is C30H42N6O2S. The van der Waals surface area contributed by atoms with Crippen LogP contribution >= 0.6 is 11.3 Å². The summed E-state index contributed by atoms with van der Waals surface area (Å²) in [7, 11) is 0. The predicted molar refractivity (Wildman–Crippen MR) is 163 cm³/mol. The van der Waals surface area contributed by atoms with Gasteiger partial charge in [-0.05, 0) is 95.1 Å². The fourth-order valence-corrected chi connectivity index (χ4v) is 6.86. The Kier molecular flexibility index (Phi) is 9.32. The number of fused-ring (bicyclic) bond motifs is 5. The third-order valence-corrected chi connectivity index (χ3v) is 9.16. The van der Waals surface area contributed by atoms with Gasteiger partial charge in [0.25, 0.3) is 5.91 Å². The van der Waals surface area contributed by atoms with Crippen LogP contribution in [0.4, 0.5) is 5.82 Å². The van der Waals surface area contributed by atoms with Crippen LogP contribution < -0.4 is 26.7 Å². The van der Waals surface area contributed by atoms with Gasteiger partial charge in [-0.15, -0.1) is 11.3 Å². The molecule has 2 atom stereocenters. The van der Waals surface area contributed by atoms with Gasteiger partial charge in [-0.1, -0.05) is 26.0 Å². The number of hydrogen-bond donors (Lipinski definition) is 4.